The highest BCUT2D eigenvalue weighted by Gasteiger charge is 2.37. The molecule has 0 bridgehead atoms. The normalized spacial score (nSPS) is 14.5. The van der Waals surface area contributed by atoms with Crippen molar-refractivity contribution >= 4 is 0 Å². The summed E-state index contributed by atoms with van der Waals surface area (Å²) in [4.78, 5) is 2.34. The van der Waals surface area contributed by atoms with Crippen LogP contribution in [-0.2, 0) is 19.5 Å². The summed E-state index contributed by atoms with van der Waals surface area (Å²) in [6, 6.07) is 31.3. The number of nitrogens with two attached hydrogens (primary N) is 1. The monoisotopic (exact) mass is 416 g/mol. The molecule has 0 amide bonds. The highest BCUT2D eigenvalue weighted by atomic mass is 16.3. The molecule has 0 aliphatic carbocycles. The van der Waals surface area contributed by atoms with Crippen LogP contribution in [0.2, 0.25) is 0 Å². The summed E-state index contributed by atoms with van der Waals surface area (Å²) < 4.78 is 0. The average molecular weight is 417 g/mol. The zero-order chi connectivity index (χ0) is 22.1. The Labute approximate surface area is 187 Å². The van der Waals surface area contributed by atoms with Crippen LogP contribution in [0, 0.1) is 5.92 Å². The Bertz CT molecular complexity index is 841. The lowest BCUT2D eigenvalue weighted by molar-refractivity contribution is -0.0131. The number of aryl methyl sites for hydroxylation is 1. The fourth-order valence-electron chi connectivity index (χ4n) is 4.15. The van der Waals surface area contributed by atoms with Gasteiger partial charge < -0.3 is 10.8 Å². The molecule has 0 saturated carbocycles. The molecule has 2 atom stereocenters. The molecular weight excluding hydrogens is 380 g/mol. The van der Waals surface area contributed by atoms with E-state index in [0.29, 0.717) is 12.8 Å². The van der Waals surface area contributed by atoms with Crippen LogP contribution in [0.4, 0.5) is 0 Å². The lowest BCUT2D eigenvalue weighted by atomic mass is 9.86. The minimum absolute atomic E-state index is 0.186. The third kappa shape index (κ3) is 6.76. The fraction of sp³-hybridized carbons (Fsp3) is 0.357. The van der Waals surface area contributed by atoms with Crippen molar-refractivity contribution in [2.75, 3.05) is 0 Å². The van der Waals surface area contributed by atoms with Crippen molar-refractivity contribution in [3.63, 3.8) is 0 Å². The van der Waals surface area contributed by atoms with Crippen LogP contribution < -0.4 is 5.73 Å². The standard InChI is InChI=1S/C28H36N2O/c1-23(2)28(29,20-27(31)19-18-24-12-6-3-7-13-24)30(21-25-14-8-4-9-15-25)22-26-16-10-5-11-17-26/h3-17,23,27,31H,18-22,29H2,1-2H3/t27-,28?/m1/s1. The lowest BCUT2D eigenvalue weighted by Crippen LogP contribution is -2.60. The quantitative estimate of drug-likeness (QED) is 0.412. The van der Waals surface area contributed by atoms with Crippen molar-refractivity contribution in [1.82, 2.24) is 4.90 Å². The second-order valence-electron chi connectivity index (χ2n) is 8.86. The Morgan fingerprint density at radius 2 is 1.16 bits per heavy atom. The van der Waals surface area contributed by atoms with Crippen molar-refractivity contribution in [2.45, 2.75) is 58.0 Å². The van der Waals surface area contributed by atoms with Gasteiger partial charge in [-0.1, -0.05) is 105 Å². The number of nitrogens with zero attached hydrogens (tertiary/aromatic N) is 1. The second kappa shape index (κ2) is 11.2. The van der Waals surface area contributed by atoms with E-state index in [1.165, 1.54) is 16.7 Å². The van der Waals surface area contributed by atoms with Crippen LogP contribution in [0.25, 0.3) is 0 Å². The maximum atomic E-state index is 11.0. The molecule has 0 radical (unpaired) electrons. The fourth-order valence-corrected chi connectivity index (χ4v) is 4.15. The van der Waals surface area contributed by atoms with Crippen molar-refractivity contribution in [1.29, 1.82) is 0 Å². The first kappa shape index (κ1) is 23.2. The number of hydrogen-bond donors (Lipinski definition) is 2. The van der Waals surface area contributed by atoms with E-state index in [9.17, 15) is 5.11 Å². The largest absolute Gasteiger partial charge is 0.393 e. The Balaban J connectivity index is 1.78. The molecule has 0 aliphatic rings. The number of rotatable bonds is 11. The summed E-state index contributed by atoms with van der Waals surface area (Å²) in [5, 5.41) is 11.0. The van der Waals surface area contributed by atoms with E-state index < -0.39 is 11.8 Å². The Hall–Kier alpha value is -2.46. The average Bonchev–Trinajstić information content (AvgIpc) is 2.79. The molecule has 3 nitrogen and oxygen atoms in total. The molecule has 0 fully saturated rings. The molecular formula is C28H36N2O. The summed E-state index contributed by atoms with van der Waals surface area (Å²) in [5.74, 6) is 0.186. The molecule has 1 unspecified atom stereocenters. The Morgan fingerprint density at radius 1 is 0.742 bits per heavy atom. The summed E-state index contributed by atoms with van der Waals surface area (Å²) in [7, 11) is 0. The molecule has 0 heterocycles. The number of hydrogen-bond acceptors (Lipinski definition) is 3. The highest BCUT2D eigenvalue weighted by molar-refractivity contribution is 5.18. The van der Waals surface area contributed by atoms with E-state index in [2.05, 4.69) is 79.4 Å². The SMILES string of the molecule is CC(C)C(N)(C[C@H](O)CCc1ccccc1)N(Cc1ccccc1)Cc1ccccc1. The van der Waals surface area contributed by atoms with E-state index in [1.807, 2.05) is 30.3 Å². The third-order valence-corrected chi connectivity index (χ3v) is 6.19. The summed E-state index contributed by atoms with van der Waals surface area (Å²) in [6.45, 7) is 5.81. The van der Waals surface area contributed by atoms with E-state index in [0.717, 1.165) is 19.5 Å². The Kier molecular flexibility index (Phi) is 8.42. The van der Waals surface area contributed by atoms with Gasteiger partial charge in [0.25, 0.3) is 0 Å². The molecule has 3 N–H and O–H groups in total. The van der Waals surface area contributed by atoms with Crippen molar-refractivity contribution < 1.29 is 5.11 Å². The van der Waals surface area contributed by atoms with Gasteiger partial charge in [0.2, 0.25) is 0 Å². The van der Waals surface area contributed by atoms with Gasteiger partial charge in [-0.15, -0.1) is 0 Å². The van der Waals surface area contributed by atoms with E-state index in [1.54, 1.807) is 0 Å². The Morgan fingerprint density at radius 3 is 1.58 bits per heavy atom. The van der Waals surface area contributed by atoms with Crippen molar-refractivity contribution in [3.8, 4) is 0 Å². The predicted octanol–water partition coefficient (Wildman–Crippen LogP) is 5.38. The number of aliphatic hydroxyl groups is 1. The van der Waals surface area contributed by atoms with Crippen LogP contribution in [-0.4, -0.2) is 21.8 Å². The molecule has 0 saturated heterocycles. The van der Waals surface area contributed by atoms with E-state index in [-0.39, 0.29) is 5.92 Å². The molecule has 3 rings (SSSR count). The maximum absolute atomic E-state index is 11.0. The van der Waals surface area contributed by atoms with Gasteiger partial charge in [0.15, 0.2) is 0 Å². The van der Waals surface area contributed by atoms with Gasteiger partial charge >= 0.3 is 0 Å². The maximum Gasteiger partial charge on any atom is 0.0741 e. The van der Waals surface area contributed by atoms with Gasteiger partial charge in [-0.25, -0.2) is 0 Å². The van der Waals surface area contributed by atoms with Gasteiger partial charge in [-0.05, 0) is 35.4 Å². The first-order valence-corrected chi connectivity index (χ1v) is 11.3. The minimum atomic E-state index is -0.623. The molecule has 164 valence electrons. The predicted molar refractivity (Wildman–Crippen MR) is 129 cm³/mol. The summed E-state index contributed by atoms with van der Waals surface area (Å²) >= 11 is 0. The van der Waals surface area contributed by atoms with Crippen molar-refractivity contribution in [2.24, 2.45) is 11.7 Å². The van der Waals surface area contributed by atoms with Crippen LogP contribution >= 0.6 is 0 Å². The van der Waals surface area contributed by atoms with Gasteiger partial charge in [0.05, 0.1) is 11.8 Å². The van der Waals surface area contributed by atoms with E-state index in [4.69, 9.17) is 5.73 Å². The van der Waals surface area contributed by atoms with Crippen LogP contribution in [0.1, 0.15) is 43.4 Å². The van der Waals surface area contributed by atoms with Crippen LogP contribution in [0.5, 0.6) is 0 Å². The minimum Gasteiger partial charge on any atom is -0.393 e. The first-order valence-electron chi connectivity index (χ1n) is 11.3. The first-order chi connectivity index (χ1) is 15.0. The third-order valence-electron chi connectivity index (χ3n) is 6.19. The topological polar surface area (TPSA) is 49.5 Å². The van der Waals surface area contributed by atoms with E-state index >= 15 is 0 Å². The lowest BCUT2D eigenvalue weighted by Gasteiger charge is -2.45. The molecule has 31 heavy (non-hydrogen) atoms. The summed E-state index contributed by atoms with van der Waals surface area (Å²) in [5.41, 5.74) is 10.2. The molecule has 3 heteroatoms. The molecule has 3 aromatic carbocycles. The van der Waals surface area contributed by atoms with Crippen LogP contribution in [0.15, 0.2) is 91.0 Å². The molecule has 3 aromatic rings. The summed E-state index contributed by atoms with van der Waals surface area (Å²) in [6.07, 6.45) is 1.65. The molecule has 0 aromatic heterocycles. The van der Waals surface area contributed by atoms with Gasteiger partial charge in [-0.2, -0.15) is 0 Å². The number of benzene rings is 3. The van der Waals surface area contributed by atoms with Gasteiger partial charge in [0.1, 0.15) is 0 Å². The smallest absolute Gasteiger partial charge is 0.0741 e. The highest BCUT2D eigenvalue weighted by Crippen LogP contribution is 2.30. The second-order valence-corrected chi connectivity index (χ2v) is 8.86. The molecule has 0 aliphatic heterocycles. The van der Waals surface area contributed by atoms with Gasteiger partial charge in [0, 0.05) is 19.5 Å². The zero-order valence-corrected chi connectivity index (χ0v) is 18.8. The van der Waals surface area contributed by atoms with Gasteiger partial charge in [-0.3, -0.25) is 4.90 Å². The van der Waals surface area contributed by atoms with Crippen LogP contribution in [0.3, 0.4) is 0 Å². The van der Waals surface area contributed by atoms with Crippen molar-refractivity contribution in [3.05, 3.63) is 108 Å². The molecule has 0 spiro atoms. The number of aliphatic hydroxyl groups excluding tert-OH is 1. The zero-order valence-electron chi connectivity index (χ0n) is 18.8.